The zero-order chi connectivity index (χ0) is 15.6. The predicted octanol–water partition coefficient (Wildman–Crippen LogP) is 3.86. The highest BCUT2D eigenvalue weighted by Gasteiger charge is 2.35. The van der Waals surface area contributed by atoms with Crippen LogP contribution in [0.5, 0.6) is 0 Å². The second-order valence-electron chi connectivity index (χ2n) is 4.66. The van der Waals surface area contributed by atoms with Crippen LogP contribution in [-0.2, 0) is 6.18 Å². The molecule has 112 valence electrons. The van der Waals surface area contributed by atoms with Gasteiger partial charge >= 0.3 is 6.18 Å². The molecule has 0 saturated heterocycles. The van der Waals surface area contributed by atoms with Gasteiger partial charge in [-0.1, -0.05) is 18.2 Å². The second-order valence-corrected chi connectivity index (χ2v) is 4.66. The molecule has 0 spiro atoms. The van der Waals surface area contributed by atoms with Crippen molar-refractivity contribution in [1.29, 1.82) is 0 Å². The van der Waals surface area contributed by atoms with Crippen LogP contribution in [0.3, 0.4) is 0 Å². The van der Waals surface area contributed by atoms with Crippen molar-refractivity contribution in [3.63, 3.8) is 0 Å². The SMILES string of the molecule is CNC(c1ccc(C)nc1)c1cccc(C(F)(F)F)c1F. The predicted molar refractivity (Wildman–Crippen MR) is 71.3 cm³/mol. The van der Waals surface area contributed by atoms with Crippen LogP contribution in [0, 0.1) is 12.7 Å². The Balaban J connectivity index is 2.51. The highest BCUT2D eigenvalue weighted by atomic mass is 19.4. The van der Waals surface area contributed by atoms with E-state index in [9.17, 15) is 17.6 Å². The molecule has 6 heteroatoms. The molecule has 1 atom stereocenters. The van der Waals surface area contributed by atoms with Gasteiger partial charge in [-0.15, -0.1) is 0 Å². The third kappa shape index (κ3) is 3.21. The van der Waals surface area contributed by atoms with Crippen molar-refractivity contribution >= 4 is 0 Å². The van der Waals surface area contributed by atoms with Gasteiger partial charge < -0.3 is 5.32 Å². The van der Waals surface area contributed by atoms with Gasteiger partial charge in [0.1, 0.15) is 5.82 Å². The Bertz CT molecular complexity index is 621. The summed E-state index contributed by atoms with van der Waals surface area (Å²) in [7, 11) is 1.56. The van der Waals surface area contributed by atoms with E-state index in [-0.39, 0.29) is 5.56 Å². The number of nitrogens with zero attached hydrogens (tertiary/aromatic N) is 1. The minimum atomic E-state index is -4.72. The maximum Gasteiger partial charge on any atom is 0.419 e. The molecular weight excluding hydrogens is 284 g/mol. The lowest BCUT2D eigenvalue weighted by Crippen LogP contribution is -2.21. The van der Waals surface area contributed by atoms with E-state index in [0.29, 0.717) is 5.56 Å². The molecule has 1 heterocycles. The molecule has 2 rings (SSSR count). The third-order valence-corrected chi connectivity index (χ3v) is 3.20. The van der Waals surface area contributed by atoms with Gasteiger partial charge in [0.15, 0.2) is 0 Å². The molecule has 21 heavy (non-hydrogen) atoms. The van der Waals surface area contributed by atoms with E-state index < -0.39 is 23.6 Å². The van der Waals surface area contributed by atoms with E-state index >= 15 is 0 Å². The number of nitrogens with one attached hydrogen (secondary N) is 1. The van der Waals surface area contributed by atoms with Crippen LogP contribution in [-0.4, -0.2) is 12.0 Å². The van der Waals surface area contributed by atoms with Gasteiger partial charge in [0.05, 0.1) is 11.6 Å². The molecule has 0 bridgehead atoms. The largest absolute Gasteiger partial charge is 0.419 e. The zero-order valence-corrected chi connectivity index (χ0v) is 11.5. The van der Waals surface area contributed by atoms with Crippen LogP contribution in [0.1, 0.15) is 28.4 Å². The van der Waals surface area contributed by atoms with Crippen molar-refractivity contribution < 1.29 is 17.6 Å². The maximum atomic E-state index is 14.2. The third-order valence-electron chi connectivity index (χ3n) is 3.20. The van der Waals surface area contributed by atoms with E-state index in [2.05, 4.69) is 10.3 Å². The lowest BCUT2D eigenvalue weighted by Gasteiger charge is -2.19. The number of aryl methyl sites for hydroxylation is 1. The Kier molecular flexibility index (Phi) is 4.27. The number of hydrogen-bond acceptors (Lipinski definition) is 2. The summed E-state index contributed by atoms with van der Waals surface area (Å²) in [5, 5.41) is 2.83. The topological polar surface area (TPSA) is 24.9 Å². The molecule has 0 aliphatic carbocycles. The summed E-state index contributed by atoms with van der Waals surface area (Å²) >= 11 is 0. The summed E-state index contributed by atoms with van der Waals surface area (Å²) in [4.78, 5) is 4.09. The fourth-order valence-corrected chi connectivity index (χ4v) is 2.14. The molecule has 1 aromatic heterocycles. The molecule has 0 radical (unpaired) electrons. The summed E-state index contributed by atoms with van der Waals surface area (Å²) in [6.45, 7) is 1.79. The Morgan fingerprint density at radius 1 is 1.14 bits per heavy atom. The van der Waals surface area contributed by atoms with Gasteiger partial charge in [0.2, 0.25) is 0 Å². The number of rotatable bonds is 3. The first kappa shape index (κ1) is 15.4. The molecular formula is C15H14F4N2. The zero-order valence-electron chi connectivity index (χ0n) is 11.5. The monoisotopic (exact) mass is 298 g/mol. The van der Waals surface area contributed by atoms with Gasteiger partial charge in [-0.05, 0) is 31.7 Å². The number of hydrogen-bond donors (Lipinski definition) is 1. The Morgan fingerprint density at radius 3 is 2.38 bits per heavy atom. The van der Waals surface area contributed by atoms with Crippen LogP contribution in [0.15, 0.2) is 36.5 Å². The molecule has 1 N–H and O–H groups in total. The summed E-state index contributed by atoms with van der Waals surface area (Å²) < 4.78 is 52.5. The van der Waals surface area contributed by atoms with Gasteiger partial charge in [-0.3, -0.25) is 4.98 Å². The van der Waals surface area contributed by atoms with Crippen LogP contribution < -0.4 is 5.32 Å². The Labute approximate surface area is 119 Å². The summed E-state index contributed by atoms with van der Waals surface area (Å²) in [5.41, 5.74) is 0.0535. The van der Waals surface area contributed by atoms with Crippen molar-refractivity contribution in [3.8, 4) is 0 Å². The highest BCUT2D eigenvalue weighted by Crippen LogP contribution is 2.35. The first-order valence-electron chi connectivity index (χ1n) is 6.30. The molecule has 1 aromatic carbocycles. The average molecular weight is 298 g/mol. The molecule has 2 nitrogen and oxygen atoms in total. The lowest BCUT2D eigenvalue weighted by molar-refractivity contribution is -0.140. The van der Waals surface area contributed by atoms with Crippen LogP contribution in [0.4, 0.5) is 17.6 Å². The van der Waals surface area contributed by atoms with Gasteiger partial charge in [-0.2, -0.15) is 13.2 Å². The first-order valence-corrected chi connectivity index (χ1v) is 6.30. The van der Waals surface area contributed by atoms with Crippen molar-refractivity contribution in [2.45, 2.75) is 19.1 Å². The summed E-state index contributed by atoms with van der Waals surface area (Å²) in [6, 6.07) is 6.02. The molecule has 1 unspecified atom stereocenters. The number of benzene rings is 1. The van der Waals surface area contributed by atoms with E-state index in [4.69, 9.17) is 0 Å². The number of pyridine rings is 1. The minimum absolute atomic E-state index is 0.0574. The second kappa shape index (κ2) is 5.81. The van der Waals surface area contributed by atoms with Crippen LogP contribution >= 0.6 is 0 Å². The van der Waals surface area contributed by atoms with Crippen LogP contribution in [0.2, 0.25) is 0 Å². The van der Waals surface area contributed by atoms with E-state index in [0.717, 1.165) is 11.8 Å². The number of alkyl halides is 3. The highest BCUT2D eigenvalue weighted by molar-refractivity contribution is 5.36. The Hall–Kier alpha value is -1.95. The van der Waals surface area contributed by atoms with Crippen molar-refractivity contribution in [1.82, 2.24) is 10.3 Å². The number of halogens is 4. The Morgan fingerprint density at radius 2 is 1.86 bits per heavy atom. The number of aromatic nitrogens is 1. The molecule has 2 aromatic rings. The molecule has 0 saturated carbocycles. The normalized spacial score (nSPS) is 13.2. The smallest absolute Gasteiger partial charge is 0.309 e. The van der Waals surface area contributed by atoms with Gasteiger partial charge in [0, 0.05) is 17.5 Å². The van der Waals surface area contributed by atoms with Crippen molar-refractivity contribution in [2.24, 2.45) is 0 Å². The molecule has 0 aliphatic heterocycles. The molecule has 0 fully saturated rings. The van der Waals surface area contributed by atoms with Crippen molar-refractivity contribution in [3.05, 3.63) is 64.7 Å². The fraction of sp³-hybridized carbons (Fsp3) is 0.267. The summed E-state index contributed by atoms with van der Waals surface area (Å²) in [5.74, 6) is -1.26. The average Bonchev–Trinajstić information content (AvgIpc) is 2.42. The minimum Gasteiger partial charge on any atom is -0.309 e. The van der Waals surface area contributed by atoms with E-state index in [1.165, 1.54) is 18.3 Å². The molecule has 0 amide bonds. The molecule has 0 aliphatic rings. The van der Waals surface area contributed by atoms with E-state index in [1.54, 1.807) is 26.1 Å². The van der Waals surface area contributed by atoms with Gasteiger partial charge in [0.25, 0.3) is 0 Å². The van der Waals surface area contributed by atoms with E-state index in [1.807, 2.05) is 0 Å². The standard InChI is InChI=1S/C15H14F4N2/c1-9-6-7-10(8-21-9)14(20-2)11-4-3-5-12(13(11)16)15(17,18)19/h3-8,14,20H,1-2H3. The fourth-order valence-electron chi connectivity index (χ4n) is 2.14. The maximum absolute atomic E-state index is 14.2. The summed E-state index contributed by atoms with van der Waals surface area (Å²) in [6.07, 6.45) is -3.19. The van der Waals surface area contributed by atoms with Crippen molar-refractivity contribution in [2.75, 3.05) is 7.05 Å². The first-order chi connectivity index (χ1) is 9.84. The van der Waals surface area contributed by atoms with Crippen LogP contribution in [0.25, 0.3) is 0 Å². The quantitative estimate of drug-likeness (QED) is 0.870. The van der Waals surface area contributed by atoms with Gasteiger partial charge in [-0.25, -0.2) is 4.39 Å². The lowest BCUT2D eigenvalue weighted by atomic mass is 9.97.